The summed E-state index contributed by atoms with van der Waals surface area (Å²) in [5.41, 5.74) is 0.393. The molecule has 0 saturated carbocycles. The molecule has 0 aliphatic carbocycles. The quantitative estimate of drug-likeness (QED) is 0.753. The molecule has 1 fully saturated rings. The number of alkyl halides is 1. The summed E-state index contributed by atoms with van der Waals surface area (Å²) in [5.74, 6) is -0.267. The van der Waals surface area contributed by atoms with E-state index in [2.05, 4.69) is 5.32 Å². The molecule has 1 heterocycles. The van der Waals surface area contributed by atoms with Crippen LogP contribution in [0.25, 0.3) is 0 Å². The number of halogens is 2. The van der Waals surface area contributed by atoms with Gasteiger partial charge in [-0.25, -0.2) is 8.78 Å². The van der Waals surface area contributed by atoms with Gasteiger partial charge < -0.3 is 5.32 Å². The Morgan fingerprint density at radius 1 is 1.47 bits per heavy atom. The van der Waals surface area contributed by atoms with Crippen LogP contribution in [0.4, 0.5) is 8.78 Å². The summed E-state index contributed by atoms with van der Waals surface area (Å²) in [5, 5.41) is 3.26. The molecular weight excluding hydrogens is 196 g/mol. The van der Waals surface area contributed by atoms with Gasteiger partial charge in [-0.05, 0) is 37.6 Å². The van der Waals surface area contributed by atoms with E-state index in [4.69, 9.17) is 0 Å². The van der Waals surface area contributed by atoms with Crippen LogP contribution in [0.1, 0.15) is 25.3 Å². The van der Waals surface area contributed by atoms with Crippen molar-refractivity contribution in [2.75, 3.05) is 6.54 Å². The van der Waals surface area contributed by atoms with E-state index >= 15 is 0 Å². The minimum Gasteiger partial charge on any atom is -0.307 e. The molecule has 1 aliphatic rings. The summed E-state index contributed by atoms with van der Waals surface area (Å²) in [7, 11) is 0. The van der Waals surface area contributed by atoms with Crippen molar-refractivity contribution in [3.05, 3.63) is 35.6 Å². The third-order valence-electron chi connectivity index (χ3n) is 3.06. The third-order valence-corrected chi connectivity index (χ3v) is 3.06. The normalized spacial score (nSPS) is 31.5. The van der Waals surface area contributed by atoms with Crippen LogP contribution in [0.5, 0.6) is 0 Å². The molecule has 15 heavy (non-hydrogen) atoms. The van der Waals surface area contributed by atoms with Gasteiger partial charge in [0.2, 0.25) is 0 Å². The van der Waals surface area contributed by atoms with Gasteiger partial charge in [0.25, 0.3) is 0 Å². The first-order chi connectivity index (χ1) is 7.10. The molecule has 0 spiro atoms. The van der Waals surface area contributed by atoms with Crippen LogP contribution in [0, 0.1) is 5.82 Å². The van der Waals surface area contributed by atoms with Crippen LogP contribution in [0.3, 0.4) is 0 Å². The maximum atomic E-state index is 13.3. The maximum Gasteiger partial charge on any atom is 0.123 e. The minimum atomic E-state index is -0.792. The summed E-state index contributed by atoms with van der Waals surface area (Å²) in [4.78, 5) is 0. The monoisotopic (exact) mass is 211 g/mol. The molecular formula is C12H15F2N. The Morgan fingerprint density at radius 2 is 2.27 bits per heavy atom. The van der Waals surface area contributed by atoms with Gasteiger partial charge in [-0.2, -0.15) is 0 Å². The smallest absolute Gasteiger partial charge is 0.123 e. The van der Waals surface area contributed by atoms with Crippen LogP contribution >= 0.6 is 0 Å². The summed E-state index contributed by atoms with van der Waals surface area (Å²) >= 11 is 0. The largest absolute Gasteiger partial charge is 0.307 e. The molecule has 2 unspecified atom stereocenters. The average Bonchev–Trinajstić information content (AvgIpc) is 2.17. The summed E-state index contributed by atoms with van der Waals surface area (Å²) in [6.45, 7) is 2.57. The maximum absolute atomic E-state index is 13.3. The van der Waals surface area contributed by atoms with Crippen LogP contribution in [0.2, 0.25) is 0 Å². The van der Waals surface area contributed by atoms with E-state index in [0.29, 0.717) is 19.4 Å². The van der Waals surface area contributed by atoms with Gasteiger partial charge >= 0.3 is 0 Å². The molecule has 1 aromatic rings. The van der Waals surface area contributed by atoms with Crippen LogP contribution < -0.4 is 5.32 Å². The standard InChI is InChI=1S/C12H15F2N/c1-12(8-11(14)5-6-15-12)9-3-2-4-10(13)7-9/h2-4,7,11,15H,5-6,8H2,1H3. The zero-order valence-electron chi connectivity index (χ0n) is 8.76. The van der Waals surface area contributed by atoms with Crippen molar-refractivity contribution in [1.29, 1.82) is 0 Å². The predicted molar refractivity (Wildman–Crippen MR) is 55.9 cm³/mol. The Kier molecular flexibility index (Phi) is 2.74. The number of rotatable bonds is 1. The molecule has 0 radical (unpaired) electrons. The molecule has 1 aliphatic heterocycles. The van der Waals surface area contributed by atoms with Crippen LogP contribution in [-0.2, 0) is 5.54 Å². The minimum absolute atomic E-state index is 0.267. The Labute approximate surface area is 88.5 Å². The van der Waals surface area contributed by atoms with Gasteiger partial charge in [0.05, 0.1) is 0 Å². The first kappa shape index (κ1) is 10.6. The van der Waals surface area contributed by atoms with Crippen molar-refractivity contribution >= 4 is 0 Å². The van der Waals surface area contributed by atoms with Gasteiger partial charge in [0.15, 0.2) is 0 Å². The number of nitrogens with one attached hydrogen (secondary N) is 1. The highest BCUT2D eigenvalue weighted by Gasteiger charge is 2.33. The Bertz CT molecular complexity index is 353. The van der Waals surface area contributed by atoms with E-state index in [9.17, 15) is 8.78 Å². The van der Waals surface area contributed by atoms with Crippen molar-refractivity contribution in [1.82, 2.24) is 5.32 Å². The molecule has 2 atom stereocenters. The van der Waals surface area contributed by atoms with E-state index in [1.165, 1.54) is 12.1 Å². The zero-order valence-corrected chi connectivity index (χ0v) is 8.76. The van der Waals surface area contributed by atoms with Gasteiger partial charge in [0.1, 0.15) is 12.0 Å². The topological polar surface area (TPSA) is 12.0 Å². The molecule has 0 aromatic heterocycles. The number of piperidine rings is 1. The lowest BCUT2D eigenvalue weighted by Crippen LogP contribution is -2.47. The van der Waals surface area contributed by atoms with Crippen LogP contribution in [0.15, 0.2) is 24.3 Å². The molecule has 1 saturated heterocycles. The Hall–Kier alpha value is -0.960. The summed E-state index contributed by atoms with van der Waals surface area (Å²) in [6.07, 6.45) is 0.168. The van der Waals surface area contributed by atoms with Crippen molar-refractivity contribution in [3.63, 3.8) is 0 Å². The molecule has 0 amide bonds. The van der Waals surface area contributed by atoms with Crippen molar-refractivity contribution in [2.24, 2.45) is 0 Å². The molecule has 0 bridgehead atoms. The fourth-order valence-electron chi connectivity index (χ4n) is 2.17. The molecule has 82 valence electrons. The fraction of sp³-hybridized carbons (Fsp3) is 0.500. The van der Waals surface area contributed by atoms with Gasteiger partial charge in [-0.3, -0.25) is 0 Å². The summed E-state index contributed by atoms with van der Waals surface area (Å²) in [6, 6.07) is 6.39. The predicted octanol–water partition coefficient (Wildman–Crippen LogP) is 2.76. The first-order valence-corrected chi connectivity index (χ1v) is 5.25. The lowest BCUT2D eigenvalue weighted by Gasteiger charge is -2.37. The fourth-order valence-corrected chi connectivity index (χ4v) is 2.17. The van der Waals surface area contributed by atoms with Gasteiger partial charge in [-0.1, -0.05) is 12.1 Å². The zero-order chi connectivity index (χ0) is 10.9. The Balaban J connectivity index is 2.28. The molecule has 1 aromatic carbocycles. The SMILES string of the molecule is CC1(c2cccc(F)c2)CC(F)CCN1. The lowest BCUT2D eigenvalue weighted by molar-refractivity contribution is 0.164. The molecule has 1 nitrogen and oxygen atoms in total. The highest BCUT2D eigenvalue weighted by molar-refractivity contribution is 5.25. The van der Waals surface area contributed by atoms with Gasteiger partial charge in [0, 0.05) is 12.0 Å². The molecule has 2 rings (SSSR count). The second-order valence-electron chi connectivity index (χ2n) is 4.36. The Morgan fingerprint density at radius 3 is 2.93 bits per heavy atom. The van der Waals surface area contributed by atoms with Crippen molar-refractivity contribution in [2.45, 2.75) is 31.5 Å². The lowest BCUT2D eigenvalue weighted by atomic mass is 9.83. The average molecular weight is 211 g/mol. The van der Waals surface area contributed by atoms with E-state index in [-0.39, 0.29) is 5.82 Å². The van der Waals surface area contributed by atoms with Gasteiger partial charge in [-0.15, -0.1) is 0 Å². The molecule has 3 heteroatoms. The van der Waals surface area contributed by atoms with E-state index in [0.717, 1.165) is 5.56 Å². The second kappa shape index (κ2) is 3.89. The number of hydrogen-bond acceptors (Lipinski definition) is 1. The number of benzene rings is 1. The second-order valence-corrected chi connectivity index (χ2v) is 4.36. The number of hydrogen-bond donors (Lipinski definition) is 1. The first-order valence-electron chi connectivity index (χ1n) is 5.25. The van der Waals surface area contributed by atoms with E-state index in [1.807, 2.05) is 13.0 Å². The molecule has 1 N–H and O–H groups in total. The third kappa shape index (κ3) is 2.17. The van der Waals surface area contributed by atoms with E-state index < -0.39 is 11.7 Å². The van der Waals surface area contributed by atoms with Crippen molar-refractivity contribution in [3.8, 4) is 0 Å². The van der Waals surface area contributed by atoms with E-state index in [1.54, 1.807) is 6.07 Å². The highest BCUT2D eigenvalue weighted by atomic mass is 19.1. The highest BCUT2D eigenvalue weighted by Crippen LogP contribution is 2.31. The van der Waals surface area contributed by atoms with Crippen LogP contribution in [-0.4, -0.2) is 12.7 Å². The summed E-state index contributed by atoms with van der Waals surface area (Å²) < 4.78 is 26.4. The van der Waals surface area contributed by atoms with Crippen molar-refractivity contribution < 1.29 is 8.78 Å².